The summed E-state index contributed by atoms with van der Waals surface area (Å²) in [7, 11) is 0. The van der Waals surface area contributed by atoms with Crippen molar-refractivity contribution in [3.8, 4) is 0 Å². The molecule has 5 heteroatoms. The van der Waals surface area contributed by atoms with E-state index in [2.05, 4.69) is 10.6 Å². The maximum absolute atomic E-state index is 13.3. The normalized spacial score (nSPS) is 12.9. The molecular formula is C15H23FN2O2. The number of amides is 2. The van der Waals surface area contributed by atoms with E-state index in [-0.39, 0.29) is 17.3 Å². The van der Waals surface area contributed by atoms with Gasteiger partial charge in [0.25, 0.3) is 0 Å². The van der Waals surface area contributed by atoms with Gasteiger partial charge in [0.2, 0.25) is 0 Å². The molecule has 2 amide bonds. The lowest BCUT2D eigenvalue weighted by Crippen LogP contribution is -2.38. The molecule has 3 N–H and O–H groups in total. The molecule has 1 unspecified atom stereocenters. The van der Waals surface area contributed by atoms with Crippen LogP contribution in [-0.4, -0.2) is 23.8 Å². The topological polar surface area (TPSA) is 61.4 Å². The smallest absolute Gasteiger partial charge is 0.319 e. The van der Waals surface area contributed by atoms with Crippen molar-refractivity contribution >= 4 is 11.7 Å². The average Bonchev–Trinajstić information content (AvgIpc) is 2.30. The molecule has 0 bridgehead atoms. The minimum absolute atomic E-state index is 0.204. The SMILES string of the molecule is Cc1ccc(NC(=O)NCC(C)(C)CC(C)O)cc1F. The highest BCUT2D eigenvalue weighted by Crippen LogP contribution is 2.21. The second kappa shape index (κ2) is 6.70. The second-order valence-electron chi connectivity index (χ2n) is 5.99. The van der Waals surface area contributed by atoms with E-state index in [0.29, 0.717) is 24.2 Å². The Bertz CT molecular complexity index is 473. The molecule has 1 aromatic rings. The van der Waals surface area contributed by atoms with E-state index in [0.717, 1.165) is 0 Å². The van der Waals surface area contributed by atoms with Gasteiger partial charge in [-0.25, -0.2) is 9.18 Å². The van der Waals surface area contributed by atoms with Crippen LogP contribution in [-0.2, 0) is 0 Å². The summed E-state index contributed by atoms with van der Waals surface area (Å²) in [6.07, 6.45) is 0.174. The molecule has 0 saturated carbocycles. The number of aryl methyl sites for hydroxylation is 1. The van der Waals surface area contributed by atoms with Gasteiger partial charge in [-0.15, -0.1) is 0 Å². The van der Waals surface area contributed by atoms with Gasteiger partial charge in [-0.1, -0.05) is 19.9 Å². The fourth-order valence-electron chi connectivity index (χ4n) is 2.04. The Kier molecular flexibility index (Phi) is 5.51. The summed E-state index contributed by atoms with van der Waals surface area (Å²) in [5.74, 6) is -0.350. The van der Waals surface area contributed by atoms with Crippen molar-refractivity contribution in [3.63, 3.8) is 0 Å². The quantitative estimate of drug-likeness (QED) is 0.777. The van der Waals surface area contributed by atoms with E-state index >= 15 is 0 Å². The van der Waals surface area contributed by atoms with Crippen LogP contribution in [0.4, 0.5) is 14.9 Å². The van der Waals surface area contributed by atoms with E-state index in [1.807, 2.05) is 13.8 Å². The van der Waals surface area contributed by atoms with E-state index in [1.54, 1.807) is 26.0 Å². The number of hydrogen-bond donors (Lipinski definition) is 3. The standard InChI is InChI=1S/C15H23FN2O2/c1-10-5-6-12(7-13(10)16)18-14(20)17-9-15(3,4)8-11(2)19/h5-7,11,19H,8-9H2,1-4H3,(H2,17,18,20). The van der Waals surface area contributed by atoms with Gasteiger partial charge < -0.3 is 15.7 Å². The number of benzene rings is 1. The van der Waals surface area contributed by atoms with Gasteiger partial charge in [-0.05, 0) is 43.4 Å². The summed E-state index contributed by atoms with van der Waals surface area (Å²) in [6, 6.07) is 4.17. The predicted molar refractivity (Wildman–Crippen MR) is 78.2 cm³/mol. The van der Waals surface area contributed by atoms with Gasteiger partial charge in [-0.3, -0.25) is 0 Å². The summed E-state index contributed by atoms with van der Waals surface area (Å²) in [5.41, 5.74) is 0.747. The largest absolute Gasteiger partial charge is 0.393 e. The summed E-state index contributed by atoms with van der Waals surface area (Å²) >= 11 is 0. The first-order valence-corrected chi connectivity index (χ1v) is 6.69. The first-order valence-electron chi connectivity index (χ1n) is 6.69. The molecule has 20 heavy (non-hydrogen) atoms. The van der Waals surface area contributed by atoms with Crippen LogP contribution in [0.15, 0.2) is 18.2 Å². The molecular weight excluding hydrogens is 259 g/mol. The number of nitrogens with one attached hydrogen (secondary N) is 2. The third-order valence-corrected chi connectivity index (χ3v) is 3.01. The van der Waals surface area contributed by atoms with Gasteiger partial charge in [0.15, 0.2) is 0 Å². The van der Waals surface area contributed by atoms with Crippen molar-refractivity contribution in [2.45, 2.75) is 40.2 Å². The number of carbonyl (C=O) groups excluding carboxylic acids is 1. The zero-order valence-corrected chi connectivity index (χ0v) is 12.5. The highest BCUT2D eigenvalue weighted by molar-refractivity contribution is 5.89. The number of aliphatic hydroxyl groups excluding tert-OH is 1. The van der Waals surface area contributed by atoms with Crippen molar-refractivity contribution < 1.29 is 14.3 Å². The number of urea groups is 1. The second-order valence-corrected chi connectivity index (χ2v) is 5.99. The van der Waals surface area contributed by atoms with Gasteiger partial charge >= 0.3 is 6.03 Å². The number of halogens is 1. The molecule has 112 valence electrons. The van der Waals surface area contributed by atoms with Crippen molar-refractivity contribution in [1.82, 2.24) is 5.32 Å². The van der Waals surface area contributed by atoms with Crippen molar-refractivity contribution in [3.05, 3.63) is 29.6 Å². The molecule has 1 atom stereocenters. The molecule has 0 aliphatic carbocycles. The summed E-state index contributed by atoms with van der Waals surface area (Å²) < 4.78 is 13.3. The molecule has 0 heterocycles. The summed E-state index contributed by atoms with van der Waals surface area (Å²) in [5, 5.41) is 14.7. The van der Waals surface area contributed by atoms with Gasteiger partial charge in [-0.2, -0.15) is 0 Å². The number of anilines is 1. The Morgan fingerprint density at radius 1 is 1.45 bits per heavy atom. The zero-order valence-electron chi connectivity index (χ0n) is 12.5. The lowest BCUT2D eigenvalue weighted by Gasteiger charge is -2.26. The van der Waals surface area contributed by atoms with Crippen LogP contribution in [0.1, 0.15) is 32.8 Å². The first kappa shape index (κ1) is 16.4. The molecule has 0 aliphatic heterocycles. The molecule has 0 aliphatic rings. The van der Waals surface area contributed by atoms with Crippen LogP contribution in [0.5, 0.6) is 0 Å². The molecule has 0 spiro atoms. The van der Waals surface area contributed by atoms with Crippen LogP contribution in [0.2, 0.25) is 0 Å². The first-order chi connectivity index (χ1) is 9.19. The third-order valence-electron chi connectivity index (χ3n) is 3.01. The van der Waals surface area contributed by atoms with Gasteiger partial charge in [0.1, 0.15) is 5.82 Å². The number of hydrogen-bond acceptors (Lipinski definition) is 2. The highest BCUT2D eigenvalue weighted by Gasteiger charge is 2.21. The minimum atomic E-state index is -0.416. The fraction of sp³-hybridized carbons (Fsp3) is 0.533. The van der Waals surface area contributed by atoms with Gasteiger partial charge in [0, 0.05) is 12.2 Å². The maximum Gasteiger partial charge on any atom is 0.319 e. The molecule has 0 radical (unpaired) electrons. The Morgan fingerprint density at radius 2 is 2.10 bits per heavy atom. The van der Waals surface area contributed by atoms with Crippen LogP contribution in [0.3, 0.4) is 0 Å². The summed E-state index contributed by atoms with van der Waals surface area (Å²) in [6.45, 7) is 7.74. The van der Waals surface area contributed by atoms with Crippen LogP contribution >= 0.6 is 0 Å². The van der Waals surface area contributed by atoms with Gasteiger partial charge in [0.05, 0.1) is 6.10 Å². The van der Waals surface area contributed by atoms with E-state index in [4.69, 9.17) is 0 Å². The number of carbonyl (C=O) groups is 1. The number of rotatable bonds is 5. The average molecular weight is 282 g/mol. The monoisotopic (exact) mass is 282 g/mol. The fourth-order valence-corrected chi connectivity index (χ4v) is 2.04. The zero-order chi connectivity index (χ0) is 15.3. The van der Waals surface area contributed by atoms with Crippen LogP contribution in [0, 0.1) is 18.2 Å². The Morgan fingerprint density at radius 3 is 2.65 bits per heavy atom. The maximum atomic E-state index is 13.3. The van der Waals surface area contributed by atoms with E-state index in [9.17, 15) is 14.3 Å². The lowest BCUT2D eigenvalue weighted by atomic mass is 9.87. The van der Waals surface area contributed by atoms with E-state index < -0.39 is 6.10 Å². The predicted octanol–water partition coefficient (Wildman–Crippen LogP) is 3.05. The lowest BCUT2D eigenvalue weighted by molar-refractivity contribution is 0.129. The Balaban J connectivity index is 2.49. The molecule has 0 fully saturated rings. The molecule has 0 saturated heterocycles. The highest BCUT2D eigenvalue weighted by atomic mass is 19.1. The molecule has 1 aromatic carbocycles. The molecule has 4 nitrogen and oxygen atoms in total. The van der Waals surface area contributed by atoms with Crippen LogP contribution < -0.4 is 10.6 Å². The van der Waals surface area contributed by atoms with E-state index in [1.165, 1.54) is 6.07 Å². The summed E-state index contributed by atoms with van der Waals surface area (Å²) in [4.78, 5) is 11.7. The molecule has 1 rings (SSSR count). The number of aliphatic hydroxyl groups is 1. The van der Waals surface area contributed by atoms with Crippen LogP contribution in [0.25, 0.3) is 0 Å². The van der Waals surface area contributed by atoms with Crippen molar-refractivity contribution in [1.29, 1.82) is 0 Å². The Labute approximate surface area is 119 Å². The minimum Gasteiger partial charge on any atom is -0.393 e. The Hall–Kier alpha value is -1.62. The van der Waals surface area contributed by atoms with Crippen molar-refractivity contribution in [2.24, 2.45) is 5.41 Å². The van der Waals surface area contributed by atoms with Crippen molar-refractivity contribution in [2.75, 3.05) is 11.9 Å². The molecule has 0 aromatic heterocycles. The third kappa shape index (κ3) is 5.57.